The number of esters is 2. The minimum atomic E-state index is -1.27. The molecule has 0 bridgehead atoms. The molecule has 0 amide bonds. The normalized spacial score (nSPS) is 46.8. The minimum Gasteiger partial charge on any atom is -0.465 e. The predicted molar refractivity (Wildman–Crippen MR) is 158 cm³/mol. The maximum absolute atomic E-state index is 12.1. The molecule has 0 spiro atoms. The van der Waals surface area contributed by atoms with E-state index in [4.69, 9.17) is 9.47 Å². The van der Waals surface area contributed by atoms with E-state index in [0.717, 1.165) is 38.5 Å². The topological polar surface area (TPSA) is 113 Å². The van der Waals surface area contributed by atoms with Gasteiger partial charge in [-0.3, -0.25) is 9.59 Å². The third-order valence-electron chi connectivity index (χ3n) is 13.0. The average Bonchev–Trinajstić information content (AvgIpc) is 3.22. The zero-order chi connectivity index (χ0) is 30.8. The van der Waals surface area contributed by atoms with Gasteiger partial charge in [-0.15, -0.1) is 0 Å². The van der Waals surface area contributed by atoms with E-state index in [9.17, 15) is 24.9 Å². The molecule has 3 N–H and O–H groups in total. The molecule has 7 heteroatoms. The Morgan fingerprint density at radius 2 is 1.59 bits per heavy atom. The number of aliphatic hydroxyl groups excluding tert-OH is 2. The Labute approximate surface area is 247 Å². The van der Waals surface area contributed by atoms with Crippen molar-refractivity contribution in [3.63, 3.8) is 0 Å². The lowest BCUT2D eigenvalue weighted by Crippen LogP contribution is -2.73. The maximum atomic E-state index is 12.1. The number of fused-ring (bicyclic) bond motifs is 5. The molecular weight excluding hydrogens is 520 g/mol. The summed E-state index contributed by atoms with van der Waals surface area (Å²) in [6.45, 7) is 17.7. The fourth-order valence-electron chi connectivity index (χ4n) is 10.9. The molecule has 0 aromatic heterocycles. The summed E-state index contributed by atoms with van der Waals surface area (Å²) in [5.41, 5.74) is -2.19. The molecule has 7 nitrogen and oxygen atoms in total. The van der Waals surface area contributed by atoms with Gasteiger partial charge in [0, 0.05) is 24.7 Å². The van der Waals surface area contributed by atoms with Gasteiger partial charge in [0.1, 0.15) is 18.8 Å². The highest BCUT2D eigenvalue weighted by Crippen LogP contribution is 2.75. The van der Waals surface area contributed by atoms with Crippen molar-refractivity contribution in [2.24, 2.45) is 51.2 Å². The van der Waals surface area contributed by atoms with Crippen molar-refractivity contribution in [2.45, 2.75) is 131 Å². The summed E-state index contributed by atoms with van der Waals surface area (Å²) in [6, 6.07) is 0. The Bertz CT molecular complexity index is 1030. The predicted octanol–water partition coefficient (Wildman–Crippen LogP) is 5.44. The molecule has 0 aliphatic heterocycles. The molecule has 4 saturated carbocycles. The van der Waals surface area contributed by atoms with E-state index in [2.05, 4.69) is 33.8 Å². The zero-order valence-corrected chi connectivity index (χ0v) is 26.9. The molecule has 4 fully saturated rings. The molecule has 0 heterocycles. The second-order valence-electron chi connectivity index (χ2n) is 15.8. The van der Waals surface area contributed by atoms with Crippen LogP contribution in [0.5, 0.6) is 0 Å². The van der Waals surface area contributed by atoms with Crippen LogP contribution in [0.25, 0.3) is 0 Å². The molecule has 0 aromatic rings. The SMILES string of the molecule is CC(=O)OC[C@]1(C)[C@@H](OC(C)=O)[C@H](O)[C@H](O)[C@]2(C)[C@H]3CC[C@@H]4[C@@H]([C@H](C)CC=CC(C)(C)O)CC[C@@]4(C)[C@]3(C)CC[C@@H]12. The number of allylic oxidation sites excluding steroid dienone is 1. The van der Waals surface area contributed by atoms with Gasteiger partial charge in [0.05, 0.1) is 11.7 Å². The van der Waals surface area contributed by atoms with E-state index in [1.165, 1.54) is 20.3 Å². The van der Waals surface area contributed by atoms with Crippen LogP contribution >= 0.6 is 0 Å². The number of carbonyl (C=O) groups is 2. The summed E-state index contributed by atoms with van der Waals surface area (Å²) in [7, 11) is 0. The van der Waals surface area contributed by atoms with Crippen LogP contribution in [0.3, 0.4) is 0 Å². The van der Waals surface area contributed by atoms with Gasteiger partial charge >= 0.3 is 11.9 Å². The van der Waals surface area contributed by atoms with Crippen molar-refractivity contribution in [3.8, 4) is 0 Å². The Hall–Kier alpha value is -1.44. The van der Waals surface area contributed by atoms with E-state index in [-0.39, 0.29) is 29.3 Å². The van der Waals surface area contributed by atoms with Crippen LogP contribution in [-0.4, -0.2) is 57.8 Å². The van der Waals surface area contributed by atoms with Gasteiger partial charge in [0.25, 0.3) is 0 Å². The van der Waals surface area contributed by atoms with Gasteiger partial charge in [0.2, 0.25) is 0 Å². The molecule has 12 atom stereocenters. The molecule has 41 heavy (non-hydrogen) atoms. The van der Waals surface area contributed by atoms with E-state index in [1.807, 2.05) is 26.8 Å². The third-order valence-corrected chi connectivity index (χ3v) is 13.0. The minimum absolute atomic E-state index is 0.0319. The first-order valence-electron chi connectivity index (χ1n) is 15.9. The number of ether oxygens (including phenoxy) is 2. The van der Waals surface area contributed by atoms with Gasteiger partial charge < -0.3 is 24.8 Å². The molecule has 4 rings (SSSR count). The second kappa shape index (κ2) is 10.9. The Morgan fingerprint density at radius 1 is 0.951 bits per heavy atom. The maximum Gasteiger partial charge on any atom is 0.303 e. The monoisotopic (exact) mass is 576 g/mol. The Morgan fingerprint density at radius 3 is 2.17 bits per heavy atom. The van der Waals surface area contributed by atoms with Crippen molar-refractivity contribution in [3.05, 3.63) is 12.2 Å². The summed E-state index contributed by atoms with van der Waals surface area (Å²) in [5, 5.41) is 33.6. The van der Waals surface area contributed by atoms with Crippen LogP contribution in [-0.2, 0) is 19.1 Å². The lowest BCUT2D eigenvalue weighted by Gasteiger charge is -2.71. The van der Waals surface area contributed by atoms with Crippen LogP contribution in [0.4, 0.5) is 0 Å². The number of rotatable bonds is 7. The lowest BCUT2D eigenvalue weighted by atomic mass is 9.34. The molecule has 0 unspecified atom stereocenters. The standard InChI is InChI=1S/C34H56O7/c1-20(11-10-16-30(4,5)39)23-14-17-32(7)24(23)12-13-26-33(32,8)18-15-25-31(6,19-40-21(2)35)29(41-22(3)36)27(37)28(38)34(25,26)9/h10,16,20,23-29,37-39H,11-15,17-19H2,1-9H3/t20-,23-,24-,25+,26+,27-,28+,29+,31+,32-,33-,34+/m1/s1. The van der Waals surface area contributed by atoms with Gasteiger partial charge in [-0.05, 0) is 99.2 Å². The molecule has 0 saturated heterocycles. The van der Waals surface area contributed by atoms with Gasteiger partial charge in [-0.25, -0.2) is 0 Å². The van der Waals surface area contributed by atoms with E-state index < -0.39 is 46.7 Å². The molecule has 0 aromatic carbocycles. The quantitative estimate of drug-likeness (QED) is 0.273. The number of aliphatic hydroxyl groups is 3. The molecule has 4 aliphatic rings. The van der Waals surface area contributed by atoms with E-state index >= 15 is 0 Å². The molecule has 234 valence electrons. The van der Waals surface area contributed by atoms with Crippen molar-refractivity contribution in [2.75, 3.05) is 6.61 Å². The summed E-state index contributed by atoms with van der Waals surface area (Å²) in [4.78, 5) is 24.1. The summed E-state index contributed by atoms with van der Waals surface area (Å²) in [6.07, 6.45) is 7.89. The Kier molecular flexibility index (Phi) is 8.65. The molecule has 0 radical (unpaired) electrons. The number of carbonyl (C=O) groups excluding carboxylic acids is 2. The first-order valence-corrected chi connectivity index (χ1v) is 15.9. The van der Waals surface area contributed by atoms with Crippen molar-refractivity contribution in [1.82, 2.24) is 0 Å². The van der Waals surface area contributed by atoms with Gasteiger partial charge in [-0.2, -0.15) is 0 Å². The third kappa shape index (κ3) is 5.20. The van der Waals surface area contributed by atoms with E-state index in [1.54, 1.807) is 0 Å². The smallest absolute Gasteiger partial charge is 0.303 e. The Balaban J connectivity index is 1.68. The summed E-state index contributed by atoms with van der Waals surface area (Å²) >= 11 is 0. The van der Waals surface area contributed by atoms with Crippen molar-refractivity contribution >= 4 is 11.9 Å². The van der Waals surface area contributed by atoms with Crippen LogP contribution < -0.4 is 0 Å². The fourth-order valence-corrected chi connectivity index (χ4v) is 10.9. The summed E-state index contributed by atoms with van der Waals surface area (Å²) in [5.74, 6) is 0.854. The first-order chi connectivity index (χ1) is 18.8. The van der Waals surface area contributed by atoms with Crippen LogP contribution in [0, 0.1) is 51.2 Å². The zero-order valence-electron chi connectivity index (χ0n) is 26.9. The highest BCUT2D eigenvalue weighted by molar-refractivity contribution is 5.67. The van der Waals surface area contributed by atoms with Crippen LogP contribution in [0.2, 0.25) is 0 Å². The highest BCUT2D eigenvalue weighted by Gasteiger charge is 2.73. The average molecular weight is 577 g/mol. The summed E-state index contributed by atoms with van der Waals surface area (Å²) < 4.78 is 11.3. The number of hydrogen-bond donors (Lipinski definition) is 3. The second-order valence-corrected chi connectivity index (χ2v) is 15.8. The van der Waals surface area contributed by atoms with Crippen LogP contribution in [0.15, 0.2) is 12.2 Å². The lowest BCUT2D eigenvalue weighted by molar-refractivity contribution is -0.299. The van der Waals surface area contributed by atoms with E-state index in [0.29, 0.717) is 17.8 Å². The highest BCUT2D eigenvalue weighted by atomic mass is 16.6. The first kappa shape index (κ1) is 32.5. The van der Waals surface area contributed by atoms with Gasteiger partial charge in [0.15, 0.2) is 0 Å². The van der Waals surface area contributed by atoms with Crippen LogP contribution in [0.1, 0.15) is 107 Å². The molecule has 4 aliphatic carbocycles. The largest absolute Gasteiger partial charge is 0.465 e. The van der Waals surface area contributed by atoms with Crippen molar-refractivity contribution in [1.29, 1.82) is 0 Å². The van der Waals surface area contributed by atoms with Gasteiger partial charge in [-0.1, -0.05) is 46.8 Å². The fraction of sp³-hybridized carbons (Fsp3) is 0.882. The van der Waals surface area contributed by atoms with Crippen molar-refractivity contribution < 1.29 is 34.4 Å². The molecular formula is C34H56O7. The number of hydrogen-bond acceptors (Lipinski definition) is 7.